The number of amides is 1. The Morgan fingerprint density at radius 2 is 2.14 bits per heavy atom. The van der Waals surface area contributed by atoms with Gasteiger partial charge in [0.15, 0.2) is 9.84 Å². The molecule has 1 fully saturated rings. The van der Waals surface area contributed by atoms with Crippen molar-refractivity contribution < 1.29 is 17.9 Å². The number of hydrogen-bond donors (Lipinski definition) is 0. The van der Waals surface area contributed by atoms with Crippen LogP contribution in [-0.4, -0.2) is 50.8 Å². The molecule has 1 unspecified atom stereocenters. The number of benzene rings is 1. The van der Waals surface area contributed by atoms with Crippen molar-refractivity contribution in [1.29, 1.82) is 0 Å². The monoisotopic (exact) mass is 331 g/mol. The molecule has 0 saturated carbocycles. The van der Waals surface area contributed by atoms with E-state index in [0.29, 0.717) is 19.8 Å². The quantitative estimate of drug-likeness (QED) is 0.843. The Kier molecular flexibility index (Phi) is 5.24. The van der Waals surface area contributed by atoms with Gasteiger partial charge in [0.25, 0.3) is 0 Å². The highest BCUT2D eigenvalue weighted by atomic mass is 35.5. The van der Waals surface area contributed by atoms with E-state index in [9.17, 15) is 13.2 Å². The summed E-state index contributed by atoms with van der Waals surface area (Å²) in [7, 11) is -3.55. The number of morpholine rings is 1. The molecule has 0 N–H and O–H groups in total. The Labute approximate surface area is 129 Å². The number of halogens is 1. The molecule has 1 aromatic carbocycles. The van der Waals surface area contributed by atoms with Crippen LogP contribution in [0.5, 0.6) is 0 Å². The van der Waals surface area contributed by atoms with E-state index >= 15 is 0 Å². The normalized spacial score (nSPS) is 19.5. The minimum Gasteiger partial charge on any atom is -0.377 e. The summed E-state index contributed by atoms with van der Waals surface area (Å²) in [6, 6.07) is 6.25. The van der Waals surface area contributed by atoms with Crippen LogP contribution in [0.4, 0.5) is 0 Å². The van der Waals surface area contributed by atoms with Crippen molar-refractivity contribution in [3.05, 3.63) is 29.3 Å². The lowest BCUT2D eigenvalue weighted by Crippen LogP contribution is -2.47. The molecule has 5 nitrogen and oxygen atoms in total. The summed E-state index contributed by atoms with van der Waals surface area (Å²) in [5.41, 5.74) is 0. The van der Waals surface area contributed by atoms with Crippen LogP contribution in [0.1, 0.15) is 13.3 Å². The highest BCUT2D eigenvalue weighted by Crippen LogP contribution is 2.22. The summed E-state index contributed by atoms with van der Waals surface area (Å²) in [4.78, 5) is 13.9. The summed E-state index contributed by atoms with van der Waals surface area (Å²) in [5, 5.41) is 0.185. The zero-order valence-electron chi connectivity index (χ0n) is 11.8. The molecule has 2 rings (SSSR count). The number of ether oxygens (including phenoxy) is 1. The standard InChI is InChI=1S/C14H18ClNO4S/c1-11-10-20-8-7-16(11)14(17)6-9-21(18,19)13-5-3-2-4-12(13)15/h2-5,11H,6-10H2,1H3. The van der Waals surface area contributed by atoms with Crippen LogP contribution in [-0.2, 0) is 19.4 Å². The summed E-state index contributed by atoms with van der Waals surface area (Å²) in [6.45, 7) is 3.38. The molecular formula is C14H18ClNO4S. The predicted molar refractivity (Wildman–Crippen MR) is 80.1 cm³/mol. The summed E-state index contributed by atoms with van der Waals surface area (Å²) >= 11 is 5.90. The minimum absolute atomic E-state index is 0.0192. The van der Waals surface area contributed by atoms with Gasteiger partial charge >= 0.3 is 0 Å². The average Bonchev–Trinajstić information content (AvgIpc) is 2.45. The minimum atomic E-state index is -3.55. The number of carbonyl (C=O) groups excluding carboxylic acids is 1. The van der Waals surface area contributed by atoms with E-state index in [4.69, 9.17) is 16.3 Å². The summed E-state index contributed by atoms with van der Waals surface area (Å²) in [5.74, 6) is -0.402. The Bertz CT molecular complexity index is 617. The van der Waals surface area contributed by atoms with Gasteiger partial charge in [0, 0.05) is 13.0 Å². The molecule has 0 aromatic heterocycles. The third-order valence-electron chi connectivity index (χ3n) is 3.44. The first-order chi connectivity index (χ1) is 9.92. The fourth-order valence-corrected chi connectivity index (χ4v) is 4.07. The highest BCUT2D eigenvalue weighted by Gasteiger charge is 2.26. The lowest BCUT2D eigenvalue weighted by molar-refractivity contribution is -0.138. The van der Waals surface area contributed by atoms with Gasteiger partial charge in [-0.3, -0.25) is 4.79 Å². The van der Waals surface area contributed by atoms with Crippen LogP contribution in [0.2, 0.25) is 5.02 Å². The molecular weight excluding hydrogens is 314 g/mol. The first-order valence-electron chi connectivity index (χ1n) is 6.76. The highest BCUT2D eigenvalue weighted by molar-refractivity contribution is 7.91. The van der Waals surface area contributed by atoms with Gasteiger partial charge in [0.05, 0.1) is 34.9 Å². The number of sulfone groups is 1. The average molecular weight is 332 g/mol. The third-order valence-corrected chi connectivity index (χ3v) is 5.65. The van der Waals surface area contributed by atoms with Crippen LogP contribution in [0.3, 0.4) is 0 Å². The third kappa shape index (κ3) is 3.96. The van der Waals surface area contributed by atoms with Gasteiger partial charge in [-0.25, -0.2) is 8.42 Å². The Balaban J connectivity index is 2.02. The molecule has 1 aliphatic rings. The zero-order chi connectivity index (χ0) is 15.5. The molecule has 0 bridgehead atoms. The first kappa shape index (κ1) is 16.3. The van der Waals surface area contributed by atoms with Crippen LogP contribution in [0, 0.1) is 0 Å². The molecule has 21 heavy (non-hydrogen) atoms. The largest absolute Gasteiger partial charge is 0.377 e. The molecule has 1 atom stereocenters. The van der Waals surface area contributed by atoms with Crippen molar-refractivity contribution in [1.82, 2.24) is 4.90 Å². The number of hydrogen-bond acceptors (Lipinski definition) is 4. The molecule has 0 radical (unpaired) electrons. The van der Waals surface area contributed by atoms with E-state index in [2.05, 4.69) is 0 Å². The molecule has 1 amide bonds. The summed E-state index contributed by atoms with van der Waals surface area (Å²) < 4.78 is 29.7. The lowest BCUT2D eigenvalue weighted by Gasteiger charge is -2.33. The van der Waals surface area contributed by atoms with Gasteiger partial charge < -0.3 is 9.64 Å². The second-order valence-electron chi connectivity index (χ2n) is 5.01. The molecule has 1 aliphatic heterocycles. The van der Waals surface area contributed by atoms with E-state index in [1.807, 2.05) is 6.92 Å². The van der Waals surface area contributed by atoms with Gasteiger partial charge in [-0.05, 0) is 19.1 Å². The van der Waals surface area contributed by atoms with Gasteiger partial charge in [-0.1, -0.05) is 23.7 Å². The molecule has 7 heteroatoms. The SMILES string of the molecule is CC1COCCN1C(=O)CCS(=O)(=O)c1ccccc1Cl. The predicted octanol–water partition coefficient (Wildman–Crippen LogP) is 1.75. The van der Waals surface area contributed by atoms with Crippen molar-refractivity contribution in [3.63, 3.8) is 0 Å². The number of rotatable bonds is 4. The second-order valence-corrected chi connectivity index (χ2v) is 7.50. The van der Waals surface area contributed by atoms with E-state index < -0.39 is 9.84 Å². The Morgan fingerprint density at radius 3 is 2.81 bits per heavy atom. The second kappa shape index (κ2) is 6.77. The van der Waals surface area contributed by atoms with Crippen LogP contribution in [0.25, 0.3) is 0 Å². The van der Waals surface area contributed by atoms with Crippen molar-refractivity contribution in [3.8, 4) is 0 Å². The molecule has 1 saturated heterocycles. The smallest absolute Gasteiger partial charge is 0.224 e. The van der Waals surface area contributed by atoms with Gasteiger partial charge in [-0.2, -0.15) is 0 Å². The fourth-order valence-electron chi connectivity index (χ4n) is 2.27. The number of carbonyl (C=O) groups is 1. The van der Waals surface area contributed by atoms with Crippen molar-refractivity contribution in [2.45, 2.75) is 24.3 Å². The van der Waals surface area contributed by atoms with Crippen LogP contribution in [0.15, 0.2) is 29.2 Å². The van der Waals surface area contributed by atoms with Crippen LogP contribution < -0.4 is 0 Å². The maximum atomic E-state index is 12.2. The van der Waals surface area contributed by atoms with E-state index in [1.54, 1.807) is 17.0 Å². The van der Waals surface area contributed by atoms with Crippen molar-refractivity contribution in [2.75, 3.05) is 25.5 Å². The molecule has 0 aliphatic carbocycles. The summed E-state index contributed by atoms with van der Waals surface area (Å²) in [6.07, 6.45) is -0.0438. The molecule has 116 valence electrons. The molecule has 1 heterocycles. The lowest BCUT2D eigenvalue weighted by atomic mass is 10.2. The van der Waals surface area contributed by atoms with Crippen molar-refractivity contribution >= 4 is 27.3 Å². The van der Waals surface area contributed by atoms with Gasteiger partial charge in [0.1, 0.15) is 0 Å². The first-order valence-corrected chi connectivity index (χ1v) is 8.79. The van der Waals surface area contributed by atoms with E-state index in [0.717, 1.165) is 0 Å². The van der Waals surface area contributed by atoms with Crippen LogP contribution >= 0.6 is 11.6 Å². The Morgan fingerprint density at radius 1 is 1.43 bits per heavy atom. The maximum Gasteiger partial charge on any atom is 0.224 e. The molecule has 1 aromatic rings. The molecule has 0 spiro atoms. The fraction of sp³-hybridized carbons (Fsp3) is 0.500. The van der Waals surface area contributed by atoms with E-state index in [-0.39, 0.29) is 34.0 Å². The van der Waals surface area contributed by atoms with Gasteiger partial charge in [-0.15, -0.1) is 0 Å². The Hall–Kier alpha value is -1.11. The van der Waals surface area contributed by atoms with E-state index in [1.165, 1.54) is 12.1 Å². The zero-order valence-corrected chi connectivity index (χ0v) is 13.4. The van der Waals surface area contributed by atoms with Crippen molar-refractivity contribution in [2.24, 2.45) is 0 Å². The topological polar surface area (TPSA) is 63.7 Å². The van der Waals surface area contributed by atoms with Gasteiger partial charge in [0.2, 0.25) is 5.91 Å². The number of nitrogens with zero attached hydrogens (tertiary/aromatic N) is 1. The maximum absolute atomic E-state index is 12.2.